The maximum atomic E-state index is 12.7. The number of hydrogen-bond donors (Lipinski definition) is 1. The van der Waals surface area contributed by atoms with Crippen LogP contribution >= 0.6 is 11.6 Å². The van der Waals surface area contributed by atoms with Crippen molar-refractivity contribution < 1.29 is 13.2 Å². The molecule has 7 heteroatoms. The molecule has 2 aromatic carbocycles. The van der Waals surface area contributed by atoms with Crippen molar-refractivity contribution in [3.63, 3.8) is 0 Å². The molecule has 1 amide bonds. The molecule has 132 valence electrons. The summed E-state index contributed by atoms with van der Waals surface area (Å²) in [6, 6.07) is 11.5. The van der Waals surface area contributed by atoms with Crippen molar-refractivity contribution in [2.24, 2.45) is 0 Å². The molecule has 1 N–H and O–H groups in total. The Morgan fingerprint density at radius 1 is 1.20 bits per heavy atom. The molecule has 0 fully saturated rings. The highest BCUT2D eigenvalue weighted by Gasteiger charge is 2.25. The Labute approximate surface area is 152 Å². The molecule has 1 atom stereocenters. The predicted octanol–water partition coefficient (Wildman–Crippen LogP) is 3.29. The Balaban J connectivity index is 1.83. The van der Waals surface area contributed by atoms with Gasteiger partial charge >= 0.3 is 0 Å². The summed E-state index contributed by atoms with van der Waals surface area (Å²) in [5, 5.41) is 0.604. The van der Waals surface area contributed by atoms with Crippen LogP contribution < -0.4 is 9.62 Å². The molecule has 1 aliphatic heterocycles. The van der Waals surface area contributed by atoms with Gasteiger partial charge in [0.2, 0.25) is 15.9 Å². The zero-order valence-corrected chi connectivity index (χ0v) is 15.6. The fourth-order valence-electron chi connectivity index (χ4n) is 2.99. The standard InChI is InChI=1S/C18H19ClN2O3S/c1-12(14-3-5-16(19)6-4-14)20-25(23,24)17-7-8-18-15(11-17)9-10-21(18)13(2)22/h3-8,11-12,20H,9-10H2,1-2H3/t12-/m1/s1. The van der Waals surface area contributed by atoms with Crippen LogP contribution in [0.4, 0.5) is 5.69 Å². The molecule has 0 radical (unpaired) electrons. The van der Waals surface area contributed by atoms with Crippen molar-refractivity contribution >= 4 is 33.2 Å². The summed E-state index contributed by atoms with van der Waals surface area (Å²) in [7, 11) is -3.66. The summed E-state index contributed by atoms with van der Waals surface area (Å²) in [5.74, 6) is -0.0381. The number of benzene rings is 2. The lowest BCUT2D eigenvalue weighted by atomic mass is 10.1. The minimum atomic E-state index is -3.66. The van der Waals surface area contributed by atoms with Crippen LogP contribution in [0.3, 0.4) is 0 Å². The monoisotopic (exact) mass is 378 g/mol. The van der Waals surface area contributed by atoms with Gasteiger partial charge in [0.25, 0.3) is 0 Å². The Bertz CT molecular complexity index is 910. The van der Waals surface area contributed by atoms with Gasteiger partial charge in [-0.1, -0.05) is 23.7 Å². The fraction of sp³-hybridized carbons (Fsp3) is 0.278. The van der Waals surface area contributed by atoms with Gasteiger partial charge in [-0.25, -0.2) is 13.1 Å². The molecule has 0 spiro atoms. The second-order valence-corrected chi connectivity index (χ2v) is 8.26. The SMILES string of the molecule is CC(=O)N1CCc2cc(S(=O)(=O)N[C@H](C)c3ccc(Cl)cc3)ccc21. The molecular weight excluding hydrogens is 360 g/mol. The van der Waals surface area contributed by atoms with E-state index in [0.717, 1.165) is 16.8 Å². The van der Waals surface area contributed by atoms with Crippen LogP contribution in [0.2, 0.25) is 5.02 Å². The molecule has 1 heterocycles. The van der Waals surface area contributed by atoms with Crippen molar-refractivity contribution in [2.75, 3.05) is 11.4 Å². The maximum absolute atomic E-state index is 12.7. The lowest BCUT2D eigenvalue weighted by Crippen LogP contribution is -2.27. The van der Waals surface area contributed by atoms with Crippen LogP contribution in [0.15, 0.2) is 47.4 Å². The average Bonchev–Trinajstić information content (AvgIpc) is 2.98. The van der Waals surface area contributed by atoms with Gasteiger partial charge in [0, 0.05) is 30.2 Å². The molecule has 0 saturated heterocycles. The number of nitrogens with zero attached hydrogens (tertiary/aromatic N) is 1. The van der Waals surface area contributed by atoms with E-state index in [0.29, 0.717) is 18.0 Å². The van der Waals surface area contributed by atoms with Crippen LogP contribution in [-0.4, -0.2) is 20.9 Å². The zero-order valence-electron chi connectivity index (χ0n) is 14.0. The molecule has 5 nitrogen and oxygen atoms in total. The number of carbonyl (C=O) groups excluding carboxylic acids is 1. The maximum Gasteiger partial charge on any atom is 0.241 e. The van der Waals surface area contributed by atoms with Crippen molar-refractivity contribution in [1.82, 2.24) is 4.72 Å². The highest BCUT2D eigenvalue weighted by Crippen LogP contribution is 2.30. The van der Waals surface area contributed by atoms with Gasteiger partial charge in [0.15, 0.2) is 0 Å². The van der Waals surface area contributed by atoms with Crippen LogP contribution in [-0.2, 0) is 21.2 Å². The largest absolute Gasteiger partial charge is 0.312 e. The summed E-state index contributed by atoms with van der Waals surface area (Å²) < 4.78 is 28.0. The van der Waals surface area contributed by atoms with Crippen molar-refractivity contribution in [3.8, 4) is 0 Å². The van der Waals surface area contributed by atoms with Gasteiger partial charge < -0.3 is 4.90 Å². The third-order valence-electron chi connectivity index (χ3n) is 4.34. The molecule has 0 saturated carbocycles. The Hall–Kier alpha value is -1.89. The van der Waals surface area contributed by atoms with Gasteiger partial charge in [-0.05, 0) is 54.8 Å². The number of halogens is 1. The minimum Gasteiger partial charge on any atom is -0.312 e. The summed E-state index contributed by atoms with van der Waals surface area (Å²) in [6.07, 6.45) is 0.658. The van der Waals surface area contributed by atoms with E-state index in [1.807, 2.05) is 0 Å². The lowest BCUT2D eigenvalue weighted by Gasteiger charge is -2.17. The van der Waals surface area contributed by atoms with E-state index in [1.165, 1.54) is 13.0 Å². The molecule has 25 heavy (non-hydrogen) atoms. The van der Waals surface area contributed by atoms with Gasteiger partial charge in [-0.15, -0.1) is 0 Å². The zero-order chi connectivity index (χ0) is 18.2. The van der Waals surface area contributed by atoms with Gasteiger partial charge in [0.05, 0.1) is 4.90 Å². The number of fused-ring (bicyclic) bond motifs is 1. The van der Waals surface area contributed by atoms with Crippen LogP contribution in [0.1, 0.15) is 31.0 Å². The Kier molecular flexibility index (Phi) is 4.86. The van der Waals surface area contributed by atoms with E-state index < -0.39 is 10.0 Å². The normalized spacial score (nSPS) is 15.1. The summed E-state index contributed by atoms with van der Waals surface area (Å²) >= 11 is 5.87. The van der Waals surface area contributed by atoms with Crippen LogP contribution in [0.5, 0.6) is 0 Å². The third-order valence-corrected chi connectivity index (χ3v) is 6.13. The predicted molar refractivity (Wildman–Crippen MR) is 98.4 cm³/mol. The quantitative estimate of drug-likeness (QED) is 0.887. The number of sulfonamides is 1. The molecule has 0 bridgehead atoms. The molecule has 3 rings (SSSR count). The number of hydrogen-bond acceptors (Lipinski definition) is 3. The third kappa shape index (κ3) is 3.71. The first-order valence-corrected chi connectivity index (χ1v) is 9.83. The number of nitrogens with one attached hydrogen (secondary N) is 1. The second-order valence-electron chi connectivity index (χ2n) is 6.11. The topological polar surface area (TPSA) is 66.5 Å². The van der Waals surface area contributed by atoms with E-state index in [2.05, 4.69) is 4.72 Å². The summed E-state index contributed by atoms with van der Waals surface area (Å²) in [5.41, 5.74) is 2.49. The van der Waals surface area contributed by atoms with Crippen molar-refractivity contribution in [1.29, 1.82) is 0 Å². The Morgan fingerprint density at radius 3 is 2.52 bits per heavy atom. The number of rotatable bonds is 4. The van der Waals surface area contributed by atoms with Crippen LogP contribution in [0.25, 0.3) is 0 Å². The van der Waals surface area contributed by atoms with Gasteiger partial charge in [-0.2, -0.15) is 0 Å². The molecular formula is C18H19ClN2O3S. The van der Waals surface area contributed by atoms with Gasteiger partial charge in [-0.3, -0.25) is 4.79 Å². The molecule has 0 unspecified atom stereocenters. The lowest BCUT2D eigenvalue weighted by molar-refractivity contribution is -0.116. The van der Waals surface area contributed by atoms with E-state index in [9.17, 15) is 13.2 Å². The first-order valence-electron chi connectivity index (χ1n) is 7.97. The Morgan fingerprint density at radius 2 is 1.88 bits per heavy atom. The first kappa shape index (κ1) is 17.9. The summed E-state index contributed by atoms with van der Waals surface area (Å²) in [4.78, 5) is 13.5. The fourth-order valence-corrected chi connectivity index (χ4v) is 4.40. The van der Waals surface area contributed by atoms with Gasteiger partial charge in [0.1, 0.15) is 0 Å². The van der Waals surface area contributed by atoms with E-state index >= 15 is 0 Å². The number of carbonyl (C=O) groups is 1. The van der Waals surface area contributed by atoms with Crippen molar-refractivity contribution in [2.45, 2.75) is 31.2 Å². The van der Waals surface area contributed by atoms with E-state index in [-0.39, 0.29) is 16.8 Å². The molecule has 2 aromatic rings. The second kappa shape index (κ2) is 6.78. The minimum absolute atomic E-state index is 0.0381. The highest BCUT2D eigenvalue weighted by atomic mass is 35.5. The van der Waals surface area contributed by atoms with Crippen molar-refractivity contribution in [3.05, 3.63) is 58.6 Å². The van der Waals surface area contributed by atoms with E-state index in [4.69, 9.17) is 11.6 Å². The molecule has 0 aromatic heterocycles. The number of anilines is 1. The average molecular weight is 379 g/mol. The van der Waals surface area contributed by atoms with Crippen LogP contribution in [0, 0.1) is 0 Å². The smallest absolute Gasteiger partial charge is 0.241 e. The highest BCUT2D eigenvalue weighted by molar-refractivity contribution is 7.89. The molecule has 1 aliphatic rings. The van der Waals surface area contributed by atoms with E-state index in [1.54, 1.807) is 48.2 Å². The summed E-state index contributed by atoms with van der Waals surface area (Å²) in [6.45, 7) is 3.88. The molecule has 0 aliphatic carbocycles. The number of amides is 1. The first-order chi connectivity index (χ1) is 11.8.